The van der Waals surface area contributed by atoms with Crippen LogP contribution in [-0.4, -0.2) is 69.9 Å². The standard InChI is InChI=1S/C23H32N2O2.CH4O3S/c1-24-6-8-25(9-7-24)22(26)16-27-21-4-2-20(3-5-21)23-13-17-10-18(14-23)12-19(11-17)15-23;1-5(2,3)4/h2-5,17-19H,6-16H2,1H3;1H3,(H,2,3,4). The summed E-state index contributed by atoms with van der Waals surface area (Å²) >= 11 is 0. The van der Waals surface area contributed by atoms with Crippen LogP contribution in [0.2, 0.25) is 0 Å². The van der Waals surface area contributed by atoms with E-state index in [1.807, 2.05) is 4.90 Å². The summed E-state index contributed by atoms with van der Waals surface area (Å²) in [6, 6.07) is 8.75. The molecule has 0 radical (unpaired) electrons. The summed E-state index contributed by atoms with van der Waals surface area (Å²) in [4.78, 5) is 15.8. The second-order valence-electron chi connectivity index (χ2n) is 10.6. The molecule has 1 aromatic carbocycles. The van der Waals surface area contributed by atoms with Crippen LogP contribution in [0, 0.1) is 17.8 Å². The van der Waals surface area contributed by atoms with Gasteiger partial charge in [-0.1, -0.05) is 12.1 Å². The average Bonchev–Trinajstić information content (AvgIpc) is 2.71. The Morgan fingerprint density at radius 1 is 1.06 bits per heavy atom. The fraction of sp³-hybridized carbons (Fsp3) is 0.708. The maximum absolute atomic E-state index is 12.4. The molecule has 7 nitrogen and oxygen atoms in total. The van der Waals surface area contributed by atoms with E-state index in [2.05, 4.69) is 31.3 Å². The van der Waals surface area contributed by atoms with Gasteiger partial charge in [0.15, 0.2) is 6.61 Å². The number of carbonyl (C=O) groups is 1. The lowest BCUT2D eigenvalue weighted by Crippen LogP contribution is -3.12. The average molecular weight is 465 g/mol. The van der Waals surface area contributed by atoms with Crippen LogP contribution in [-0.2, 0) is 20.3 Å². The van der Waals surface area contributed by atoms with E-state index in [1.165, 1.54) is 49.0 Å². The molecule has 1 heterocycles. The van der Waals surface area contributed by atoms with Gasteiger partial charge in [0.05, 0.1) is 43.3 Å². The van der Waals surface area contributed by atoms with Crippen LogP contribution < -0.4 is 9.64 Å². The second-order valence-corrected chi connectivity index (χ2v) is 12.0. The van der Waals surface area contributed by atoms with Crippen LogP contribution in [0.15, 0.2) is 24.3 Å². The lowest BCUT2D eigenvalue weighted by atomic mass is 9.48. The van der Waals surface area contributed by atoms with Gasteiger partial charge in [0.25, 0.3) is 5.91 Å². The van der Waals surface area contributed by atoms with Crippen LogP contribution >= 0.6 is 0 Å². The molecule has 8 heteroatoms. The Morgan fingerprint density at radius 3 is 2.00 bits per heavy atom. The van der Waals surface area contributed by atoms with Gasteiger partial charge in [-0.3, -0.25) is 4.79 Å². The molecule has 5 fully saturated rings. The Kier molecular flexibility index (Phi) is 6.84. The van der Waals surface area contributed by atoms with Crippen LogP contribution in [0.4, 0.5) is 0 Å². The summed E-state index contributed by atoms with van der Waals surface area (Å²) in [5, 5.41) is 0. The molecule has 1 aliphatic heterocycles. The molecule has 4 bridgehead atoms. The summed E-state index contributed by atoms with van der Waals surface area (Å²) < 4.78 is 33.1. The fourth-order valence-corrected chi connectivity index (χ4v) is 6.74. The first-order chi connectivity index (χ1) is 15.1. The highest BCUT2D eigenvalue weighted by molar-refractivity contribution is 7.84. The number of hydrogen-bond acceptors (Lipinski definition) is 5. The molecule has 0 spiro atoms. The van der Waals surface area contributed by atoms with E-state index in [0.29, 0.717) is 11.7 Å². The Balaban J connectivity index is 0.000000444. The quantitative estimate of drug-likeness (QED) is 0.673. The molecule has 0 atom stereocenters. The zero-order valence-corrected chi connectivity index (χ0v) is 20.0. The highest BCUT2D eigenvalue weighted by Crippen LogP contribution is 2.60. The van der Waals surface area contributed by atoms with Crippen molar-refractivity contribution < 1.29 is 27.4 Å². The smallest absolute Gasteiger partial charge is 0.260 e. The SMILES string of the molecule is CS(=O)(=O)[O-].C[NH+]1CCN(C(=O)COc2ccc(C34CC5CC(CC(C5)C3)C4)cc2)CC1. The van der Waals surface area contributed by atoms with E-state index in [0.717, 1.165) is 49.7 Å². The molecule has 32 heavy (non-hydrogen) atoms. The summed E-state index contributed by atoms with van der Waals surface area (Å²) in [5.41, 5.74) is 1.95. The van der Waals surface area contributed by atoms with Crippen molar-refractivity contribution in [1.82, 2.24) is 4.90 Å². The number of piperazine rings is 1. The van der Waals surface area contributed by atoms with Gasteiger partial charge in [-0.05, 0) is 79.4 Å². The molecule has 1 aromatic rings. The van der Waals surface area contributed by atoms with Crippen molar-refractivity contribution >= 4 is 16.0 Å². The van der Waals surface area contributed by atoms with Crippen LogP contribution in [0.1, 0.15) is 44.1 Å². The number of ether oxygens (including phenoxy) is 1. The molecule has 0 aromatic heterocycles. The van der Waals surface area contributed by atoms with E-state index in [9.17, 15) is 4.79 Å². The van der Waals surface area contributed by atoms with Crippen LogP contribution in [0.5, 0.6) is 5.75 Å². The molecule has 1 saturated heterocycles. The number of carbonyl (C=O) groups excluding carboxylic acids is 1. The van der Waals surface area contributed by atoms with E-state index in [-0.39, 0.29) is 12.5 Å². The first-order valence-electron chi connectivity index (χ1n) is 11.8. The van der Waals surface area contributed by atoms with Crippen molar-refractivity contribution in [3.63, 3.8) is 0 Å². The summed E-state index contributed by atoms with van der Waals surface area (Å²) in [7, 11) is -1.73. The summed E-state index contributed by atoms with van der Waals surface area (Å²) in [6.07, 6.45) is 9.23. The minimum atomic E-state index is -3.92. The molecule has 4 saturated carbocycles. The van der Waals surface area contributed by atoms with Gasteiger partial charge >= 0.3 is 0 Å². The molecule has 1 amide bonds. The lowest BCUT2D eigenvalue weighted by Gasteiger charge is -2.57. The third kappa shape index (κ3) is 5.83. The third-order valence-electron chi connectivity index (χ3n) is 7.84. The summed E-state index contributed by atoms with van der Waals surface area (Å²) in [5.74, 6) is 3.85. The molecule has 178 valence electrons. The number of benzene rings is 1. The highest BCUT2D eigenvalue weighted by atomic mass is 32.2. The second kappa shape index (κ2) is 9.31. The lowest BCUT2D eigenvalue weighted by molar-refractivity contribution is -0.883. The van der Waals surface area contributed by atoms with Gasteiger partial charge < -0.3 is 19.1 Å². The van der Waals surface area contributed by atoms with E-state index in [1.54, 1.807) is 0 Å². The number of quaternary nitrogens is 1. The molecule has 5 aliphatic rings. The number of hydrogen-bond donors (Lipinski definition) is 1. The van der Waals surface area contributed by atoms with Crippen molar-refractivity contribution in [2.45, 2.75) is 43.9 Å². The number of nitrogens with one attached hydrogen (secondary N) is 1. The van der Waals surface area contributed by atoms with Crippen LogP contribution in [0.3, 0.4) is 0 Å². The first kappa shape index (κ1) is 23.5. The first-order valence-corrected chi connectivity index (χ1v) is 13.6. The maximum atomic E-state index is 12.4. The van der Waals surface area contributed by atoms with Crippen molar-refractivity contribution in [2.24, 2.45) is 17.8 Å². The van der Waals surface area contributed by atoms with Gasteiger partial charge in [-0.15, -0.1) is 0 Å². The largest absolute Gasteiger partial charge is 0.748 e. The Labute approximate surface area is 191 Å². The zero-order chi connectivity index (χ0) is 22.9. The monoisotopic (exact) mass is 464 g/mol. The molecular weight excluding hydrogens is 428 g/mol. The van der Waals surface area contributed by atoms with Crippen molar-refractivity contribution in [2.75, 3.05) is 46.1 Å². The van der Waals surface area contributed by atoms with Gasteiger partial charge in [-0.25, -0.2) is 8.42 Å². The van der Waals surface area contributed by atoms with Crippen molar-refractivity contribution in [3.8, 4) is 5.75 Å². The van der Waals surface area contributed by atoms with Gasteiger partial charge in [-0.2, -0.15) is 0 Å². The summed E-state index contributed by atoms with van der Waals surface area (Å²) in [6.45, 7) is 3.92. The van der Waals surface area contributed by atoms with E-state index in [4.69, 9.17) is 17.7 Å². The maximum Gasteiger partial charge on any atom is 0.260 e. The van der Waals surface area contributed by atoms with E-state index < -0.39 is 10.1 Å². The van der Waals surface area contributed by atoms with Crippen molar-refractivity contribution in [1.29, 1.82) is 0 Å². The van der Waals surface area contributed by atoms with E-state index >= 15 is 0 Å². The molecule has 1 N–H and O–H groups in total. The Bertz CT molecular complexity index is 864. The number of amides is 1. The number of likely N-dealkylation sites (N-methyl/N-ethyl adjacent to an activating group) is 1. The molecule has 4 aliphatic carbocycles. The zero-order valence-electron chi connectivity index (χ0n) is 19.2. The van der Waals surface area contributed by atoms with Crippen LogP contribution in [0.25, 0.3) is 0 Å². The Morgan fingerprint density at radius 2 is 1.53 bits per heavy atom. The topological polar surface area (TPSA) is 91.2 Å². The highest BCUT2D eigenvalue weighted by Gasteiger charge is 2.51. The molecule has 0 unspecified atom stereocenters. The minimum absolute atomic E-state index is 0.118. The number of nitrogens with zero attached hydrogens (tertiary/aromatic N) is 1. The fourth-order valence-electron chi connectivity index (χ4n) is 6.74. The predicted molar refractivity (Wildman–Crippen MR) is 121 cm³/mol. The van der Waals surface area contributed by atoms with Gasteiger partial charge in [0.1, 0.15) is 5.75 Å². The predicted octanol–water partition coefficient (Wildman–Crippen LogP) is 1.05. The van der Waals surface area contributed by atoms with Gasteiger partial charge in [0, 0.05) is 6.26 Å². The number of rotatable bonds is 4. The normalized spacial score (nSPS) is 31.7. The minimum Gasteiger partial charge on any atom is -0.748 e. The van der Waals surface area contributed by atoms with Gasteiger partial charge in [0.2, 0.25) is 0 Å². The molecular formula is C24H36N2O5S. The molecule has 6 rings (SSSR count). The third-order valence-corrected chi connectivity index (χ3v) is 7.84. The van der Waals surface area contributed by atoms with Crippen molar-refractivity contribution in [3.05, 3.63) is 29.8 Å². The Hall–Kier alpha value is -1.64.